The van der Waals surface area contributed by atoms with Gasteiger partial charge in [-0.15, -0.1) is 0 Å². The molecule has 0 fully saturated rings. The third-order valence-corrected chi connectivity index (χ3v) is 2.56. The Hall–Kier alpha value is -1.04. The van der Waals surface area contributed by atoms with E-state index in [0.29, 0.717) is 0 Å². The maximum absolute atomic E-state index is 2.23. The van der Waals surface area contributed by atoms with E-state index in [9.17, 15) is 0 Å². The van der Waals surface area contributed by atoms with E-state index in [1.54, 1.807) is 0 Å². The Kier molecular flexibility index (Phi) is 3.75. The first-order chi connectivity index (χ1) is 6.27. The molecule has 0 aromatic carbocycles. The van der Waals surface area contributed by atoms with E-state index >= 15 is 0 Å². The number of rotatable bonds is 1. The van der Waals surface area contributed by atoms with Crippen molar-refractivity contribution in [2.45, 2.75) is 33.6 Å². The normalized spacial score (nSPS) is 23.5. The van der Waals surface area contributed by atoms with Gasteiger partial charge in [0.25, 0.3) is 0 Å². The molecule has 0 unspecified atom stereocenters. The lowest BCUT2D eigenvalue weighted by atomic mass is 10.0. The van der Waals surface area contributed by atoms with Gasteiger partial charge < -0.3 is 0 Å². The van der Waals surface area contributed by atoms with Gasteiger partial charge in [0.15, 0.2) is 0 Å². The average molecular weight is 174 g/mol. The highest BCUT2D eigenvalue weighted by atomic mass is 14.1. The van der Waals surface area contributed by atoms with Crippen LogP contribution in [0, 0.1) is 0 Å². The Labute approximate surface area is 81.4 Å². The molecule has 1 aliphatic carbocycles. The fourth-order valence-electron chi connectivity index (χ4n) is 1.41. The molecule has 1 aliphatic rings. The highest BCUT2D eigenvalue weighted by Crippen LogP contribution is 2.21. The molecule has 13 heavy (non-hydrogen) atoms. The molecule has 0 radical (unpaired) electrons. The van der Waals surface area contributed by atoms with Crippen LogP contribution in [0.1, 0.15) is 33.6 Å². The zero-order valence-electron chi connectivity index (χ0n) is 8.80. The molecule has 0 heteroatoms. The Morgan fingerprint density at radius 3 is 2.69 bits per heavy atom. The molecule has 0 aromatic heterocycles. The fraction of sp³-hybridized carbons (Fsp3) is 0.385. The van der Waals surface area contributed by atoms with Gasteiger partial charge in [0.1, 0.15) is 0 Å². The van der Waals surface area contributed by atoms with Gasteiger partial charge in [-0.05, 0) is 37.8 Å². The maximum Gasteiger partial charge on any atom is -0.00296 e. The SMILES string of the molecule is C/C=C1/C=CC=C/C(=C(\C)CC)C1. The Balaban J connectivity index is 2.92. The standard InChI is InChI=1S/C13H18/c1-4-11(3)13-9-7-6-8-12(5-2)10-13/h5-9H,4,10H2,1-3H3/b12-5-,13-11-. The van der Waals surface area contributed by atoms with Gasteiger partial charge in [-0.2, -0.15) is 0 Å². The Morgan fingerprint density at radius 2 is 2.08 bits per heavy atom. The zero-order chi connectivity index (χ0) is 9.68. The van der Waals surface area contributed by atoms with Gasteiger partial charge in [-0.1, -0.05) is 42.9 Å². The second-order valence-electron chi connectivity index (χ2n) is 3.42. The molecule has 70 valence electrons. The maximum atomic E-state index is 2.23. The molecule has 0 nitrogen and oxygen atoms in total. The van der Waals surface area contributed by atoms with Crippen LogP contribution in [0.3, 0.4) is 0 Å². The van der Waals surface area contributed by atoms with E-state index in [1.165, 1.54) is 16.7 Å². The number of hydrogen-bond donors (Lipinski definition) is 0. The van der Waals surface area contributed by atoms with Crippen LogP contribution in [0.4, 0.5) is 0 Å². The van der Waals surface area contributed by atoms with Gasteiger partial charge in [0.05, 0.1) is 0 Å². The largest absolute Gasteiger partial charge is 0.0841 e. The summed E-state index contributed by atoms with van der Waals surface area (Å²) in [7, 11) is 0. The van der Waals surface area contributed by atoms with Crippen molar-refractivity contribution in [3.8, 4) is 0 Å². The van der Waals surface area contributed by atoms with E-state index in [0.717, 1.165) is 12.8 Å². The molecule has 0 N–H and O–H groups in total. The number of hydrogen-bond acceptors (Lipinski definition) is 0. The monoisotopic (exact) mass is 174 g/mol. The summed E-state index contributed by atoms with van der Waals surface area (Å²) in [5, 5.41) is 0. The lowest BCUT2D eigenvalue weighted by molar-refractivity contribution is 1.03. The Morgan fingerprint density at radius 1 is 1.38 bits per heavy atom. The average Bonchev–Trinajstić information content (AvgIpc) is 2.41. The van der Waals surface area contributed by atoms with Gasteiger partial charge in [0.2, 0.25) is 0 Å². The van der Waals surface area contributed by atoms with Gasteiger partial charge >= 0.3 is 0 Å². The first kappa shape index (κ1) is 10.0. The molecular formula is C13H18. The van der Waals surface area contributed by atoms with Crippen LogP contribution >= 0.6 is 0 Å². The van der Waals surface area contributed by atoms with Crippen LogP contribution in [-0.2, 0) is 0 Å². The first-order valence-corrected chi connectivity index (χ1v) is 4.96. The fourth-order valence-corrected chi connectivity index (χ4v) is 1.41. The van der Waals surface area contributed by atoms with Crippen molar-refractivity contribution in [2.24, 2.45) is 0 Å². The van der Waals surface area contributed by atoms with Gasteiger partial charge in [-0.3, -0.25) is 0 Å². The van der Waals surface area contributed by atoms with Crippen LogP contribution in [0.25, 0.3) is 0 Å². The quantitative estimate of drug-likeness (QED) is 0.559. The van der Waals surface area contributed by atoms with Crippen LogP contribution in [0.5, 0.6) is 0 Å². The highest BCUT2D eigenvalue weighted by molar-refractivity contribution is 5.38. The molecular weight excluding hydrogens is 156 g/mol. The third-order valence-electron chi connectivity index (χ3n) is 2.56. The molecule has 0 aliphatic heterocycles. The predicted octanol–water partition coefficient (Wildman–Crippen LogP) is 4.18. The van der Waals surface area contributed by atoms with Crippen LogP contribution in [0.15, 0.2) is 47.1 Å². The lowest BCUT2D eigenvalue weighted by Crippen LogP contribution is -1.86. The molecule has 0 amide bonds. The minimum atomic E-state index is 1.09. The summed E-state index contributed by atoms with van der Waals surface area (Å²) in [6.45, 7) is 6.53. The minimum absolute atomic E-state index is 1.09. The molecule has 0 saturated heterocycles. The summed E-state index contributed by atoms with van der Waals surface area (Å²) in [6, 6.07) is 0. The molecule has 1 rings (SSSR count). The summed E-state index contributed by atoms with van der Waals surface area (Å²) in [5.74, 6) is 0. The van der Waals surface area contributed by atoms with E-state index in [1.807, 2.05) is 0 Å². The van der Waals surface area contributed by atoms with Crippen molar-refractivity contribution >= 4 is 0 Å². The Bertz CT molecular complexity index is 285. The van der Waals surface area contributed by atoms with Crippen LogP contribution in [-0.4, -0.2) is 0 Å². The smallest absolute Gasteiger partial charge is 0.00296 e. The molecule has 0 spiro atoms. The summed E-state index contributed by atoms with van der Waals surface area (Å²) >= 11 is 0. The van der Waals surface area contributed by atoms with E-state index in [4.69, 9.17) is 0 Å². The molecule has 0 bridgehead atoms. The first-order valence-electron chi connectivity index (χ1n) is 4.96. The molecule has 0 aromatic rings. The van der Waals surface area contributed by atoms with Crippen molar-refractivity contribution in [3.05, 3.63) is 47.1 Å². The lowest BCUT2D eigenvalue weighted by Gasteiger charge is -2.06. The van der Waals surface area contributed by atoms with Gasteiger partial charge in [-0.25, -0.2) is 0 Å². The summed E-state index contributed by atoms with van der Waals surface area (Å²) in [6.07, 6.45) is 13.1. The van der Waals surface area contributed by atoms with Crippen molar-refractivity contribution in [3.63, 3.8) is 0 Å². The third kappa shape index (κ3) is 2.73. The zero-order valence-corrected chi connectivity index (χ0v) is 8.80. The van der Waals surface area contributed by atoms with E-state index in [-0.39, 0.29) is 0 Å². The van der Waals surface area contributed by atoms with E-state index in [2.05, 4.69) is 51.2 Å². The van der Waals surface area contributed by atoms with Crippen molar-refractivity contribution in [1.82, 2.24) is 0 Å². The predicted molar refractivity (Wildman–Crippen MR) is 59.6 cm³/mol. The molecule has 0 heterocycles. The van der Waals surface area contributed by atoms with Crippen LogP contribution in [0.2, 0.25) is 0 Å². The topological polar surface area (TPSA) is 0 Å². The second kappa shape index (κ2) is 4.86. The van der Waals surface area contributed by atoms with Gasteiger partial charge in [0, 0.05) is 0 Å². The second-order valence-corrected chi connectivity index (χ2v) is 3.42. The summed E-state index contributed by atoms with van der Waals surface area (Å²) in [4.78, 5) is 0. The van der Waals surface area contributed by atoms with Crippen molar-refractivity contribution in [1.29, 1.82) is 0 Å². The van der Waals surface area contributed by atoms with Crippen molar-refractivity contribution in [2.75, 3.05) is 0 Å². The number of allylic oxidation sites excluding steroid dienone is 8. The van der Waals surface area contributed by atoms with Crippen LogP contribution < -0.4 is 0 Å². The van der Waals surface area contributed by atoms with Crippen molar-refractivity contribution < 1.29 is 0 Å². The minimum Gasteiger partial charge on any atom is -0.0841 e. The summed E-state index contributed by atoms with van der Waals surface area (Å²) < 4.78 is 0. The molecule has 0 saturated carbocycles. The van der Waals surface area contributed by atoms with E-state index < -0.39 is 0 Å². The summed E-state index contributed by atoms with van der Waals surface area (Å²) in [5.41, 5.74) is 4.38. The highest BCUT2D eigenvalue weighted by Gasteiger charge is 2.01. The molecule has 0 atom stereocenters.